The minimum atomic E-state index is 0.202. The van der Waals surface area contributed by atoms with Crippen LogP contribution >= 0.6 is 0 Å². The van der Waals surface area contributed by atoms with Gasteiger partial charge in [-0.2, -0.15) is 5.10 Å². The van der Waals surface area contributed by atoms with Crippen LogP contribution in [0.1, 0.15) is 30.3 Å². The fourth-order valence-electron chi connectivity index (χ4n) is 2.08. The average molecular weight is 178 g/mol. The molecule has 1 aromatic rings. The van der Waals surface area contributed by atoms with Gasteiger partial charge in [0.05, 0.1) is 12.1 Å². The summed E-state index contributed by atoms with van der Waals surface area (Å²) in [6, 6.07) is 0. The van der Waals surface area contributed by atoms with Gasteiger partial charge in [0.1, 0.15) is 5.78 Å². The number of hydrogen-bond acceptors (Lipinski definition) is 2. The third-order valence-corrected chi connectivity index (χ3v) is 2.61. The van der Waals surface area contributed by atoms with E-state index >= 15 is 0 Å². The molecule has 3 nitrogen and oxygen atoms in total. The summed E-state index contributed by atoms with van der Waals surface area (Å²) in [7, 11) is 1.97. The molecule has 0 radical (unpaired) electrons. The Kier molecular flexibility index (Phi) is 1.94. The third-order valence-electron chi connectivity index (χ3n) is 2.61. The molecule has 0 aliphatic heterocycles. The number of carbonyl (C=O) groups excluding carboxylic acids is 1. The molecule has 1 heterocycles. The number of Topliss-reactive ketones (excluding diaryl/α,β-unsaturated/α-hetero) is 1. The molecule has 1 aromatic heterocycles. The molecule has 3 heteroatoms. The third kappa shape index (κ3) is 1.39. The van der Waals surface area contributed by atoms with E-state index in [9.17, 15) is 4.79 Å². The average Bonchev–Trinajstić information content (AvgIpc) is 2.56. The molecule has 0 aromatic carbocycles. The molecule has 2 rings (SSSR count). The normalized spacial score (nSPS) is 14.6. The number of ketones is 1. The van der Waals surface area contributed by atoms with Crippen LogP contribution in [-0.2, 0) is 31.1 Å². The van der Waals surface area contributed by atoms with Gasteiger partial charge in [-0.3, -0.25) is 9.48 Å². The molecular formula is C10H14N2O. The fraction of sp³-hybridized carbons (Fsp3) is 0.600. The smallest absolute Gasteiger partial charge is 0.135 e. The fourth-order valence-corrected chi connectivity index (χ4v) is 2.08. The van der Waals surface area contributed by atoms with E-state index < -0.39 is 0 Å². The topological polar surface area (TPSA) is 34.9 Å². The molecule has 0 saturated heterocycles. The first-order chi connectivity index (χ1) is 6.18. The van der Waals surface area contributed by atoms with Gasteiger partial charge in [0.25, 0.3) is 0 Å². The first kappa shape index (κ1) is 8.48. The molecule has 0 unspecified atom stereocenters. The molecule has 0 atom stereocenters. The molecule has 0 bridgehead atoms. The van der Waals surface area contributed by atoms with E-state index in [1.807, 2.05) is 11.7 Å². The zero-order valence-corrected chi connectivity index (χ0v) is 8.13. The van der Waals surface area contributed by atoms with Gasteiger partial charge < -0.3 is 0 Å². The lowest BCUT2D eigenvalue weighted by Crippen LogP contribution is -2.01. The van der Waals surface area contributed by atoms with Crippen molar-refractivity contribution in [2.24, 2.45) is 7.05 Å². The summed E-state index contributed by atoms with van der Waals surface area (Å²) in [5.74, 6) is 0.202. The van der Waals surface area contributed by atoms with E-state index in [2.05, 4.69) is 5.10 Å². The summed E-state index contributed by atoms with van der Waals surface area (Å²) < 4.78 is 1.93. The van der Waals surface area contributed by atoms with E-state index in [1.54, 1.807) is 6.92 Å². The highest BCUT2D eigenvalue weighted by atomic mass is 16.1. The van der Waals surface area contributed by atoms with E-state index in [4.69, 9.17) is 0 Å². The second kappa shape index (κ2) is 2.98. The first-order valence-corrected chi connectivity index (χ1v) is 4.71. The van der Waals surface area contributed by atoms with Gasteiger partial charge in [0.15, 0.2) is 0 Å². The predicted molar refractivity (Wildman–Crippen MR) is 49.6 cm³/mol. The molecule has 0 saturated carbocycles. The number of fused-ring (bicyclic) bond motifs is 1. The number of aromatic nitrogens is 2. The first-order valence-electron chi connectivity index (χ1n) is 4.71. The van der Waals surface area contributed by atoms with Crippen LogP contribution in [0.4, 0.5) is 0 Å². The summed E-state index contributed by atoms with van der Waals surface area (Å²) in [6.45, 7) is 1.62. The maximum absolute atomic E-state index is 11.0. The van der Waals surface area contributed by atoms with Crippen molar-refractivity contribution in [2.75, 3.05) is 0 Å². The Morgan fingerprint density at radius 1 is 1.54 bits per heavy atom. The maximum atomic E-state index is 11.0. The Labute approximate surface area is 77.7 Å². The van der Waals surface area contributed by atoms with Gasteiger partial charge in [0.2, 0.25) is 0 Å². The molecule has 1 aliphatic rings. The Morgan fingerprint density at radius 2 is 2.31 bits per heavy atom. The minimum Gasteiger partial charge on any atom is -0.300 e. The van der Waals surface area contributed by atoms with Crippen molar-refractivity contribution in [3.63, 3.8) is 0 Å². The number of rotatable bonds is 2. The molecule has 0 N–H and O–H groups in total. The Hall–Kier alpha value is -1.12. The summed E-state index contributed by atoms with van der Waals surface area (Å²) in [6.07, 6.45) is 3.94. The minimum absolute atomic E-state index is 0.202. The summed E-state index contributed by atoms with van der Waals surface area (Å²) in [5.41, 5.74) is 3.66. The van der Waals surface area contributed by atoms with Crippen LogP contribution < -0.4 is 0 Å². The van der Waals surface area contributed by atoms with Gasteiger partial charge in [-0.25, -0.2) is 0 Å². The highest BCUT2D eigenvalue weighted by Crippen LogP contribution is 2.24. The maximum Gasteiger partial charge on any atom is 0.135 e. The lowest BCUT2D eigenvalue weighted by atomic mass is 10.1. The summed E-state index contributed by atoms with van der Waals surface area (Å²) in [4.78, 5) is 11.0. The highest BCUT2D eigenvalue weighted by molar-refractivity contribution is 5.78. The molecule has 0 fully saturated rings. The van der Waals surface area contributed by atoms with Crippen molar-refractivity contribution in [2.45, 2.75) is 32.6 Å². The number of carbonyl (C=O) groups is 1. The van der Waals surface area contributed by atoms with Gasteiger partial charge in [-0.1, -0.05) is 0 Å². The summed E-state index contributed by atoms with van der Waals surface area (Å²) >= 11 is 0. The quantitative estimate of drug-likeness (QED) is 0.678. The lowest BCUT2D eigenvalue weighted by Gasteiger charge is -1.94. The second-order valence-corrected chi connectivity index (χ2v) is 3.73. The predicted octanol–water partition coefficient (Wildman–Crippen LogP) is 1.04. The van der Waals surface area contributed by atoms with Gasteiger partial charge in [0, 0.05) is 12.7 Å². The van der Waals surface area contributed by atoms with Crippen molar-refractivity contribution in [3.8, 4) is 0 Å². The highest BCUT2D eigenvalue weighted by Gasteiger charge is 2.20. The number of nitrogens with zero attached hydrogens (tertiary/aromatic N) is 2. The molecule has 1 aliphatic carbocycles. The van der Waals surface area contributed by atoms with Gasteiger partial charge in [-0.15, -0.1) is 0 Å². The SMILES string of the molecule is CC(=O)Cc1nn(C)c2c1CCC2. The monoisotopic (exact) mass is 178 g/mol. The van der Waals surface area contributed by atoms with Gasteiger partial charge >= 0.3 is 0 Å². The van der Waals surface area contributed by atoms with Crippen molar-refractivity contribution >= 4 is 5.78 Å². The molecule has 13 heavy (non-hydrogen) atoms. The van der Waals surface area contributed by atoms with Crippen molar-refractivity contribution in [1.82, 2.24) is 9.78 Å². The molecule has 0 spiro atoms. The number of hydrogen-bond donors (Lipinski definition) is 0. The largest absolute Gasteiger partial charge is 0.300 e. The Morgan fingerprint density at radius 3 is 3.00 bits per heavy atom. The zero-order chi connectivity index (χ0) is 9.42. The number of aryl methyl sites for hydroxylation is 1. The lowest BCUT2D eigenvalue weighted by molar-refractivity contribution is -0.116. The Bertz CT molecular complexity index is 352. The second-order valence-electron chi connectivity index (χ2n) is 3.73. The van der Waals surface area contributed by atoms with E-state index in [-0.39, 0.29) is 5.78 Å². The molecular weight excluding hydrogens is 164 g/mol. The molecule has 0 amide bonds. The van der Waals surface area contributed by atoms with Crippen LogP contribution in [0.5, 0.6) is 0 Å². The van der Waals surface area contributed by atoms with Crippen molar-refractivity contribution in [1.29, 1.82) is 0 Å². The van der Waals surface area contributed by atoms with E-state index in [1.165, 1.54) is 17.7 Å². The Balaban J connectivity index is 2.36. The van der Waals surface area contributed by atoms with Crippen LogP contribution in [0.3, 0.4) is 0 Å². The summed E-state index contributed by atoms with van der Waals surface area (Å²) in [5, 5.41) is 4.37. The van der Waals surface area contributed by atoms with Crippen LogP contribution in [-0.4, -0.2) is 15.6 Å². The zero-order valence-electron chi connectivity index (χ0n) is 8.13. The van der Waals surface area contributed by atoms with Crippen LogP contribution in [0, 0.1) is 0 Å². The molecule has 70 valence electrons. The van der Waals surface area contributed by atoms with Crippen LogP contribution in [0.25, 0.3) is 0 Å². The standard InChI is InChI=1S/C10H14N2O/c1-7(13)6-9-8-4-3-5-10(8)12(2)11-9/h3-6H2,1-2H3. The van der Waals surface area contributed by atoms with Crippen molar-refractivity contribution < 1.29 is 4.79 Å². The van der Waals surface area contributed by atoms with Crippen LogP contribution in [0.15, 0.2) is 0 Å². The van der Waals surface area contributed by atoms with Crippen molar-refractivity contribution in [3.05, 3.63) is 17.0 Å². The van der Waals surface area contributed by atoms with E-state index in [0.717, 1.165) is 18.5 Å². The van der Waals surface area contributed by atoms with E-state index in [0.29, 0.717) is 6.42 Å². The van der Waals surface area contributed by atoms with Crippen LogP contribution in [0.2, 0.25) is 0 Å². The van der Waals surface area contributed by atoms with Gasteiger partial charge in [-0.05, 0) is 31.7 Å².